The van der Waals surface area contributed by atoms with Gasteiger partial charge in [-0.3, -0.25) is 0 Å². The van der Waals surface area contributed by atoms with Crippen molar-refractivity contribution in [2.24, 2.45) is 0 Å². The second-order valence-corrected chi connectivity index (χ2v) is 32.3. The van der Waals surface area contributed by atoms with Gasteiger partial charge in [-0.15, -0.1) is 34.4 Å². The van der Waals surface area contributed by atoms with Crippen molar-refractivity contribution in [2.45, 2.75) is 40.8 Å². The van der Waals surface area contributed by atoms with Gasteiger partial charge in [-0.05, 0) is 20.5 Å². The summed E-state index contributed by atoms with van der Waals surface area (Å²) in [6.07, 6.45) is 0. The summed E-state index contributed by atoms with van der Waals surface area (Å²) in [5, 5.41) is 4.24. The summed E-state index contributed by atoms with van der Waals surface area (Å²) in [6, 6.07) is 17.5. The van der Waals surface area contributed by atoms with Crippen LogP contribution in [0.5, 0.6) is 0 Å². The maximum absolute atomic E-state index is 5.62. The monoisotopic (exact) mass is 568 g/mol. The van der Waals surface area contributed by atoms with Crippen LogP contribution in [0.3, 0.4) is 0 Å². The fourth-order valence-electron chi connectivity index (χ4n) is 2.64. The summed E-state index contributed by atoms with van der Waals surface area (Å²) in [4.78, 5) is 2.73. The van der Waals surface area contributed by atoms with Gasteiger partial charge in [0.15, 0.2) is 0 Å². The van der Waals surface area contributed by atoms with Gasteiger partial charge < -0.3 is 0 Å². The quantitative estimate of drug-likeness (QED) is 0.166. The molecule has 0 aliphatic carbocycles. The van der Waals surface area contributed by atoms with Crippen LogP contribution in [0.15, 0.2) is 59.3 Å². The summed E-state index contributed by atoms with van der Waals surface area (Å²) in [6.45, 7) is 13.0. The van der Waals surface area contributed by atoms with E-state index in [0.29, 0.717) is 0 Å². The smallest absolute Gasteiger partial charge is 0.0195 e. The van der Waals surface area contributed by atoms with E-state index < -0.39 is 18.0 Å². The Morgan fingerprint density at radius 3 is 1.33 bits per heavy atom. The van der Waals surface area contributed by atoms with Crippen LogP contribution in [-0.2, 0) is 18.0 Å². The molecule has 0 N–H and O–H groups in total. The molecular formula is C24H28Cl2S2SiZr-2. The van der Waals surface area contributed by atoms with Gasteiger partial charge in [-0.1, -0.05) is 52.0 Å². The van der Waals surface area contributed by atoms with E-state index in [1.165, 1.54) is 43.1 Å². The number of aryl methyl sites for hydroxylation is 4. The molecule has 0 spiro atoms. The van der Waals surface area contributed by atoms with Gasteiger partial charge in [-0.25, -0.2) is 0 Å². The van der Waals surface area contributed by atoms with Gasteiger partial charge in [0, 0.05) is 0 Å². The normalized spacial score (nSPS) is 10.0. The van der Waals surface area contributed by atoms with Crippen LogP contribution >= 0.6 is 39.7 Å². The number of thiophene rings is 2. The predicted octanol–water partition coefficient (Wildman–Crippen LogP) is 9.66. The van der Waals surface area contributed by atoms with Gasteiger partial charge in [0.25, 0.3) is 0 Å². The molecule has 2 heterocycles. The average molecular weight is 571 g/mol. The molecule has 4 rings (SSSR count). The van der Waals surface area contributed by atoms with Crippen LogP contribution in [-0.4, -0.2) is 5.43 Å². The van der Waals surface area contributed by atoms with E-state index in [1.54, 1.807) is 22.7 Å². The standard InChI is InChI=1S/2C11H11S.C2H6Si.2ClH.Zr/c2*1-8-6-10(7-9(8)2)11-4-3-5-12-11;1-3-2;;;/h2*3-7H,1-2H3;1-2H3;2*1H;/q2*-1;;;;+2/p-2. The van der Waals surface area contributed by atoms with Crippen molar-refractivity contribution in [2.75, 3.05) is 0 Å². The zero-order valence-electron chi connectivity index (χ0n) is 18.3. The minimum Gasteiger partial charge on any atom is -0.196 e. The number of halogens is 2. The van der Waals surface area contributed by atoms with Crippen molar-refractivity contribution in [3.05, 3.63) is 81.5 Å². The Morgan fingerprint density at radius 2 is 1.13 bits per heavy atom. The topological polar surface area (TPSA) is 0 Å². The summed E-state index contributed by atoms with van der Waals surface area (Å²) < 4.78 is 0. The predicted molar refractivity (Wildman–Crippen MR) is 139 cm³/mol. The largest absolute Gasteiger partial charge is 0.196 e. The van der Waals surface area contributed by atoms with E-state index in [2.05, 4.69) is 100 Å². The molecule has 2 aromatic carbocycles. The molecule has 0 aliphatic rings. The van der Waals surface area contributed by atoms with Crippen LogP contribution in [0.25, 0.3) is 20.9 Å². The van der Waals surface area contributed by atoms with E-state index in [-0.39, 0.29) is 5.43 Å². The number of rotatable bonds is 2. The van der Waals surface area contributed by atoms with Crippen LogP contribution < -0.4 is 0 Å². The molecule has 0 nitrogen and oxygen atoms in total. The summed E-state index contributed by atoms with van der Waals surface area (Å²) in [7, 11) is 11.2. The zero-order chi connectivity index (χ0) is 22.3. The van der Waals surface area contributed by atoms with Crippen LogP contribution in [0.1, 0.15) is 22.3 Å². The molecule has 0 saturated heterocycles. The van der Waals surface area contributed by atoms with Crippen molar-refractivity contribution < 1.29 is 18.0 Å². The number of hydrogen-bond acceptors (Lipinski definition) is 2. The van der Waals surface area contributed by atoms with Gasteiger partial charge in [0.1, 0.15) is 0 Å². The van der Waals surface area contributed by atoms with E-state index >= 15 is 0 Å². The molecule has 4 aromatic rings. The Balaban J connectivity index is 0.000000171. The van der Waals surface area contributed by atoms with Crippen molar-refractivity contribution in [3.63, 3.8) is 0 Å². The molecule has 0 bridgehead atoms. The second-order valence-electron chi connectivity index (χ2n) is 7.44. The second kappa shape index (κ2) is 12.7. The third-order valence-corrected chi connectivity index (χ3v) is 26.3. The summed E-state index contributed by atoms with van der Waals surface area (Å²) in [5.74, 6) is 0. The molecule has 0 amide bonds. The fraction of sp³-hybridized carbons (Fsp3) is 0.250. The molecule has 6 heteroatoms. The Labute approximate surface area is 204 Å². The van der Waals surface area contributed by atoms with E-state index in [4.69, 9.17) is 17.0 Å². The van der Waals surface area contributed by atoms with E-state index in [9.17, 15) is 0 Å². The average Bonchev–Trinajstić information content (AvgIpc) is 3.47. The van der Waals surface area contributed by atoms with Gasteiger partial charge >= 0.3 is 53.5 Å². The maximum atomic E-state index is 5.62. The van der Waals surface area contributed by atoms with Gasteiger partial charge in [0.2, 0.25) is 0 Å². The summed E-state index contributed by atoms with van der Waals surface area (Å²) >= 11 is 1.94. The molecule has 30 heavy (non-hydrogen) atoms. The minimum absolute atomic E-state index is 0.224. The first-order valence-electron chi connectivity index (χ1n) is 9.73. The Hall–Kier alpha value is -0.220. The van der Waals surface area contributed by atoms with Gasteiger partial charge in [-0.2, -0.15) is 45.9 Å². The first-order valence-corrected chi connectivity index (χ1v) is 24.0. The van der Waals surface area contributed by atoms with Crippen LogP contribution in [0.4, 0.5) is 0 Å². The van der Waals surface area contributed by atoms with E-state index in [0.717, 1.165) is 0 Å². The Morgan fingerprint density at radius 1 is 0.767 bits per heavy atom. The minimum atomic E-state index is -1.65. The Bertz CT molecular complexity index is 938. The van der Waals surface area contributed by atoms with Crippen molar-refractivity contribution >= 4 is 45.1 Å². The number of hydrogen-bond donors (Lipinski definition) is 0. The SMILES string of the molecule is C[Si](C)=[Zr]([Cl])[Cl].Cc1cc(-c2cccs2)[cH-]c1C.Cc1cc(-c2cccs2)[cH-]c1C. The molecule has 0 atom stereocenters. The van der Waals surface area contributed by atoms with Gasteiger partial charge in [0.05, 0.1) is 0 Å². The van der Waals surface area contributed by atoms with Crippen LogP contribution in [0, 0.1) is 27.7 Å². The zero-order valence-corrected chi connectivity index (χ0v) is 24.9. The molecule has 160 valence electrons. The Kier molecular flexibility index (Phi) is 11.0. The first kappa shape index (κ1) is 26.0. The maximum Gasteiger partial charge on any atom is -0.0195 e. The van der Waals surface area contributed by atoms with Crippen LogP contribution in [0.2, 0.25) is 13.1 Å². The molecule has 0 aliphatic heterocycles. The molecule has 0 unspecified atom stereocenters. The third kappa shape index (κ3) is 8.04. The molecule has 2 aromatic heterocycles. The summed E-state index contributed by atoms with van der Waals surface area (Å²) in [5.41, 5.74) is 8.05. The van der Waals surface area contributed by atoms with Crippen molar-refractivity contribution in [1.82, 2.24) is 0 Å². The third-order valence-electron chi connectivity index (χ3n) is 4.72. The molecular weight excluding hydrogens is 543 g/mol. The fourth-order valence-corrected chi connectivity index (χ4v) is 4.07. The molecule has 0 radical (unpaired) electrons. The molecule has 0 fully saturated rings. The van der Waals surface area contributed by atoms with Crippen molar-refractivity contribution in [1.29, 1.82) is 0 Å². The first-order chi connectivity index (χ1) is 14.2. The van der Waals surface area contributed by atoms with E-state index in [1.807, 2.05) is 0 Å². The van der Waals surface area contributed by atoms with Crippen molar-refractivity contribution in [3.8, 4) is 20.9 Å². The molecule has 0 saturated carbocycles.